The highest BCUT2D eigenvalue weighted by atomic mass is 16.5. The van der Waals surface area contributed by atoms with Crippen LogP contribution in [0.15, 0.2) is 24.3 Å². The van der Waals surface area contributed by atoms with Crippen molar-refractivity contribution < 1.29 is 4.74 Å². The van der Waals surface area contributed by atoms with Gasteiger partial charge in [0.05, 0.1) is 0 Å². The Morgan fingerprint density at radius 1 is 1.14 bits per heavy atom. The SMILES string of the molecule is CCCc1ccc(Oc2nc(NN)nc(N(C)C)n2)cc1. The summed E-state index contributed by atoms with van der Waals surface area (Å²) in [6.07, 6.45) is 2.17. The molecule has 0 saturated heterocycles. The maximum absolute atomic E-state index is 5.66. The van der Waals surface area contributed by atoms with Crippen LogP contribution >= 0.6 is 0 Å². The molecule has 7 heteroatoms. The second-order valence-electron chi connectivity index (χ2n) is 4.78. The summed E-state index contributed by atoms with van der Waals surface area (Å²) in [5.41, 5.74) is 3.68. The molecule has 112 valence electrons. The summed E-state index contributed by atoms with van der Waals surface area (Å²) < 4.78 is 5.66. The fourth-order valence-electron chi connectivity index (χ4n) is 1.77. The van der Waals surface area contributed by atoms with E-state index in [0.29, 0.717) is 11.7 Å². The molecule has 0 bridgehead atoms. The van der Waals surface area contributed by atoms with E-state index < -0.39 is 0 Å². The van der Waals surface area contributed by atoms with Gasteiger partial charge in [-0.25, -0.2) is 5.84 Å². The third-order valence-electron chi connectivity index (χ3n) is 2.80. The number of hydrogen-bond acceptors (Lipinski definition) is 7. The molecule has 3 N–H and O–H groups in total. The van der Waals surface area contributed by atoms with Gasteiger partial charge in [0.15, 0.2) is 0 Å². The minimum atomic E-state index is 0.199. The molecule has 1 aromatic carbocycles. The van der Waals surface area contributed by atoms with Crippen molar-refractivity contribution in [1.82, 2.24) is 15.0 Å². The summed E-state index contributed by atoms with van der Waals surface area (Å²) >= 11 is 0. The smallest absolute Gasteiger partial charge is 0.328 e. The number of rotatable bonds is 6. The Kier molecular flexibility index (Phi) is 4.89. The van der Waals surface area contributed by atoms with E-state index in [9.17, 15) is 0 Å². The van der Waals surface area contributed by atoms with E-state index in [0.717, 1.165) is 12.8 Å². The van der Waals surface area contributed by atoms with E-state index >= 15 is 0 Å². The molecule has 0 atom stereocenters. The van der Waals surface area contributed by atoms with Crippen LogP contribution in [-0.2, 0) is 6.42 Å². The molecule has 0 spiro atoms. The molecule has 0 aliphatic heterocycles. The van der Waals surface area contributed by atoms with Crippen molar-refractivity contribution >= 4 is 11.9 Å². The fraction of sp³-hybridized carbons (Fsp3) is 0.357. The van der Waals surface area contributed by atoms with Crippen LogP contribution in [0.1, 0.15) is 18.9 Å². The third kappa shape index (κ3) is 4.03. The van der Waals surface area contributed by atoms with Gasteiger partial charge < -0.3 is 9.64 Å². The zero-order valence-corrected chi connectivity index (χ0v) is 12.5. The lowest BCUT2D eigenvalue weighted by Crippen LogP contribution is -2.17. The number of anilines is 2. The van der Waals surface area contributed by atoms with Gasteiger partial charge in [0.2, 0.25) is 11.9 Å². The van der Waals surface area contributed by atoms with Crippen LogP contribution in [0.3, 0.4) is 0 Å². The highest BCUT2D eigenvalue weighted by Crippen LogP contribution is 2.21. The zero-order chi connectivity index (χ0) is 15.2. The molecule has 1 heterocycles. The highest BCUT2D eigenvalue weighted by Gasteiger charge is 2.09. The van der Waals surface area contributed by atoms with E-state index in [1.165, 1.54) is 5.56 Å². The quantitative estimate of drug-likeness (QED) is 0.620. The van der Waals surface area contributed by atoms with Crippen LogP contribution in [0, 0.1) is 0 Å². The second-order valence-corrected chi connectivity index (χ2v) is 4.78. The average molecular weight is 288 g/mol. The van der Waals surface area contributed by atoms with Crippen molar-refractivity contribution in [1.29, 1.82) is 0 Å². The maximum atomic E-state index is 5.66. The first-order valence-electron chi connectivity index (χ1n) is 6.79. The monoisotopic (exact) mass is 288 g/mol. The molecule has 2 rings (SSSR count). The van der Waals surface area contributed by atoms with E-state index in [-0.39, 0.29) is 12.0 Å². The number of ether oxygens (including phenoxy) is 1. The van der Waals surface area contributed by atoms with E-state index in [4.69, 9.17) is 10.6 Å². The molecule has 0 saturated carbocycles. The summed E-state index contributed by atoms with van der Waals surface area (Å²) in [6, 6.07) is 8.08. The van der Waals surface area contributed by atoms with Gasteiger partial charge in [-0.05, 0) is 24.1 Å². The Morgan fingerprint density at radius 3 is 2.43 bits per heavy atom. The van der Waals surface area contributed by atoms with Crippen LogP contribution < -0.4 is 20.9 Å². The third-order valence-corrected chi connectivity index (χ3v) is 2.80. The molecule has 2 aromatic rings. The molecule has 0 unspecified atom stereocenters. The maximum Gasteiger partial charge on any atom is 0.328 e. The molecule has 0 aliphatic carbocycles. The van der Waals surface area contributed by atoms with Crippen molar-refractivity contribution in [2.75, 3.05) is 24.4 Å². The molecule has 0 fully saturated rings. The number of benzene rings is 1. The fourth-order valence-corrected chi connectivity index (χ4v) is 1.77. The molecular weight excluding hydrogens is 268 g/mol. The summed E-state index contributed by atoms with van der Waals surface area (Å²) in [6.45, 7) is 2.15. The number of nitrogen functional groups attached to an aromatic ring is 1. The standard InChI is InChI=1S/C14H20N6O/c1-4-5-10-6-8-11(9-7-10)21-14-17-12(19-15)16-13(18-14)20(2)3/h6-9H,4-5,15H2,1-3H3,(H,16,17,18,19). The summed E-state index contributed by atoms with van der Waals surface area (Å²) in [5.74, 6) is 6.76. The molecule has 21 heavy (non-hydrogen) atoms. The highest BCUT2D eigenvalue weighted by molar-refractivity contribution is 5.37. The predicted octanol–water partition coefficient (Wildman–Crippen LogP) is 1.97. The first-order valence-corrected chi connectivity index (χ1v) is 6.79. The van der Waals surface area contributed by atoms with Crippen LogP contribution in [-0.4, -0.2) is 29.0 Å². The van der Waals surface area contributed by atoms with Gasteiger partial charge in [-0.2, -0.15) is 15.0 Å². The van der Waals surface area contributed by atoms with Gasteiger partial charge in [0.1, 0.15) is 5.75 Å². The van der Waals surface area contributed by atoms with Crippen molar-refractivity contribution in [3.8, 4) is 11.8 Å². The molecule has 0 radical (unpaired) electrons. The largest absolute Gasteiger partial charge is 0.424 e. The van der Waals surface area contributed by atoms with E-state index in [1.54, 1.807) is 4.90 Å². The average Bonchev–Trinajstić information content (AvgIpc) is 2.49. The summed E-state index contributed by atoms with van der Waals surface area (Å²) in [7, 11) is 3.66. The van der Waals surface area contributed by atoms with Crippen molar-refractivity contribution in [3.63, 3.8) is 0 Å². The van der Waals surface area contributed by atoms with Crippen LogP contribution in [0.2, 0.25) is 0 Å². The predicted molar refractivity (Wildman–Crippen MR) is 82.5 cm³/mol. The van der Waals surface area contributed by atoms with E-state index in [1.807, 2.05) is 38.4 Å². The van der Waals surface area contributed by atoms with Gasteiger partial charge in [0.25, 0.3) is 0 Å². The Morgan fingerprint density at radius 2 is 1.86 bits per heavy atom. The van der Waals surface area contributed by atoms with Gasteiger partial charge in [-0.15, -0.1) is 0 Å². The molecule has 7 nitrogen and oxygen atoms in total. The van der Waals surface area contributed by atoms with Gasteiger partial charge >= 0.3 is 6.01 Å². The Bertz CT molecular complexity index is 585. The molecular formula is C14H20N6O. The van der Waals surface area contributed by atoms with Crippen LogP contribution in [0.4, 0.5) is 11.9 Å². The lowest BCUT2D eigenvalue weighted by atomic mass is 10.1. The Labute approximate surface area is 124 Å². The van der Waals surface area contributed by atoms with Gasteiger partial charge in [0, 0.05) is 14.1 Å². The van der Waals surface area contributed by atoms with Gasteiger partial charge in [-0.1, -0.05) is 25.5 Å². The molecule has 0 amide bonds. The minimum absolute atomic E-state index is 0.199. The van der Waals surface area contributed by atoms with Crippen molar-refractivity contribution in [2.24, 2.45) is 5.84 Å². The number of nitrogens with one attached hydrogen (secondary N) is 1. The number of nitrogens with zero attached hydrogens (tertiary/aromatic N) is 4. The normalized spacial score (nSPS) is 10.3. The van der Waals surface area contributed by atoms with Crippen molar-refractivity contribution in [2.45, 2.75) is 19.8 Å². The number of nitrogens with two attached hydrogens (primary N) is 1. The van der Waals surface area contributed by atoms with E-state index in [2.05, 4.69) is 27.3 Å². The number of hydrazine groups is 1. The number of hydrogen-bond donors (Lipinski definition) is 2. The first-order chi connectivity index (χ1) is 10.1. The zero-order valence-electron chi connectivity index (χ0n) is 12.5. The second kappa shape index (κ2) is 6.85. The number of aryl methyl sites for hydroxylation is 1. The lowest BCUT2D eigenvalue weighted by molar-refractivity contribution is 0.440. The minimum Gasteiger partial charge on any atom is -0.424 e. The van der Waals surface area contributed by atoms with Crippen LogP contribution in [0.5, 0.6) is 11.8 Å². The summed E-state index contributed by atoms with van der Waals surface area (Å²) in [4.78, 5) is 14.2. The lowest BCUT2D eigenvalue weighted by Gasteiger charge is -2.12. The molecule has 1 aromatic heterocycles. The number of aromatic nitrogens is 3. The topological polar surface area (TPSA) is 89.2 Å². The van der Waals surface area contributed by atoms with Crippen molar-refractivity contribution in [3.05, 3.63) is 29.8 Å². The summed E-state index contributed by atoms with van der Waals surface area (Å²) in [5, 5.41) is 0. The Balaban J connectivity index is 2.19. The van der Waals surface area contributed by atoms with Gasteiger partial charge in [-0.3, -0.25) is 5.43 Å². The molecule has 0 aliphatic rings. The first kappa shape index (κ1) is 15.0. The Hall–Kier alpha value is -2.41. The van der Waals surface area contributed by atoms with Crippen LogP contribution in [0.25, 0.3) is 0 Å².